The standard InChI is InChI=1S/C33H20N4.U/c1-3-11-23(12-4-1)24-19-21-26(22-20-24)32-34-31(25-13-5-2-6-14-25)35-33(36-32)37-29-17-9-7-15-27(29)28-16-8-10-18-30(28)37;/h1-11,13-19,21-22H;/q-2;+2. The van der Waals surface area contributed by atoms with Crippen molar-refractivity contribution in [3.8, 4) is 39.9 Å². The van der Waals surface area contributed by atoms with Gasteiger partial charge in [0, 0.05) is 16.3 Å². The molecule has 5 aromatic carbocycles. The van der Waals surface area contributed by atoms with E-state index in [9.17, 15) is 0 Å². The van der Waals surface area contributed by atoms with Crippen molar-refractivity contribution >= 4 is 21.8 Å². The summed E-state index contributed by atoms with van der Waals surface area (Å²) in [7, 11) is 0. The zero-order valence-corrected chi connectivity index (χ0v) is 24.5. The number of nitrogens with zero attached hydrogens (tertiary/aromatic N) is 4. The first-order chi connectivity index (χ1) is 18.3. The van der Waals surface area contributed by atoms with E-state index >= 15 is 0 Å². The van der Waals surface area contributed by atoms with Crippen molar-refractivity contribution in [3.63, 3.8) is 0 Å². The van der Waals surface area contributed by atoms with Gasteiger partial charge in [0.2, 0.25) is 5.95 Å². The van der Waals surface area contributed by atoms with E-state index in [0.717, 1.165) is 44.1 Å². The van der Waals surface area contributed by atoms with Gasteiger partial charge in [0.25, 0.3) is 0 Å². The summed E-state index contributed by atoms with van der Waals surface area (Å²) in [5, 5.41) is 2.33. The minimum Gasteiger partial charge on any atom is -0.278 e. The summed E-state index contributed by atoms with van der Waals surface area (Å²) in [5.41, 5.74) is 5.90. The van der Waals surface area contributed by atoms with E-state index in [0.29, 0.717) is 17.6 Å². The molecule has 4 nitrogen and oxygen atoms in total. The second kappa shape index (κ2) is 10.4. The molecule has 2 aromatic heterocycles. The van der Waals surface area contributed by atoms with E-state index in [1.807, 2.05) is 84.9 Å². The molecule has 0 aliphatic carbocycles. The van der Waals surface area contributed by atoms with E-state index in [1.165, 1.54) is 0 Å². The van der Waals surface area contributed by atoms with E-state index in [4.69, 9.17) is 15.0 Å². The molecule has 0 atom stereocenters. The van der Waals surface area contributed by atoms with Gasteiger partial charge in [-0.3, -0.25) is 4.57 Å². The van der Waals surface area contributed by atoms with Crippen LogP contribution in [0, 0.1) is 43.2 Å². The fourth-order valence-electron chi connectivity index (χ4n) is 4.74. The third kappa shape index (κ3) is 4.35. The topological polar surface area (TPSA) is 43.6 Å². The van der Waals surface area contributed by atoms with Crippen molar-refractivity contribution in [2.24, 2.45) is 0 Å². The molecule has 0 aliphatic rings. The molecule has 5 heteroatoms. The SMILES string of the molecule is [U+2].[c-]1ccccc1-c1[c-]cc(-c2nc(-c3ccccc3)nc(-n3c4ccccc4c4ccccc43)n2)cc1. The van der Waals surface area contributed by atoms with Gasteiger partial charge in [-0.15, -0.1) is 18.2 Å². The van der Waals surface area contributed by atoms with Crippen LogP contribution in [0.15, 0.2) is 121 Å². The van der Waals surface area contributed by atoms with Crippen molar-refractivity contribution in [1.82, 2.24) is 19.5 Å². The van der Waals surface area contributed by atoms with Crippen molar-refractivity contribution in [3.05, 3.63) is 133 Å². The smallest absolute Gasteiger partial charge is 0.278 e. The summed E-state index contributed by atoms with van der Waals surface area (Å²) in [4.78, 5) is 14.8. The molecule has 0 saturated carbocycles. The molecule has 0 bridgehead atoms. The van der Waals surface area contributed by atoms with Gasteiger partial charge in [-0.25, -0.2) is 21.1 Å². The van der Waals surface area contributed by atoms with Crippen LogP contribution in [0.25, 0.3) is 61.7 Å². The Bertz CT molecular complexity index is 1810. The summed E-state index contributed by atoms with van der Waals surface area (Å²) in [5.74, 6) is 1.82. The monoisotopic (exact) mass is 710 g/mol. The van der Waals surface area contributed by atoms with E-state index in [2.05, 4.69) is 53.1 Å². The number of aromatic nitrogens is 4. The maximum atomic E-state index is 4.99. The average Bonchev–Trinajstić information content (AvgIpc) is 3.32. The third-order valence-corrected chi connectivity index (χ3v) is 6.51. The van der Waals surface area contributed by atoms with Gasteiger partial charge in [-0.2, -0.15) is 41.4 Å². The van der Waals surface area contributed by atoms with Crippen LogP contribution in [-0.2, 0) is 0 Å². The zero-order valence-electron chi connectivity index (χ0n) is 20.3. The van der Waals surface area contributed by atoms with Gasteiger partial charge in [0.05, 0.1) is 11.0 Å². The number of rotatable bonds is 4. The second-order valence-electron chi connectivity index (χ2n) is 8.79. The maximum Gasteiger partial charge on any atom is 2.00 e. The van der Waals surface area contributed by atoms with Crippen LogP contribution < -0.4 is 0 Å². The number of hydrogen-bond donors (Lipinski definition) is 0. The number of benzene rings is 5. The molecule has 0 unspecified atom stereocenters. The Morgan fingerprint density at radius 2 is 1.11 bits per heavy atom. The Kier molecular flexibility index (Phi) is 6.64. The summed E-state index contributed by atoms with van der Waals surface area (Å²) in [6.45, 7) is 0. The molecular weight excluding hydrogens is 690 g/mol. The van der Waals surface area contributed by atoms with Gasteiger partial charge < -0.3 is 0 Å². The zero-order chi connectivity index (χ0) is 24.6. The molecule has 0 saturated heterocycles. The molecule has 176 valence electrons. The molecule has 0 N–H and O–H groups in total. The minimum atomic E-state index is 0. The van der Waals surface area contributed by atoms with Crippen molar-refractivity contribution < 1.29 is 31.1 Å². The fourth-order valence-corrected chi connectivity index (χ4v) is 4.74. The van der Waals surface area contributed by atoms with Gasteiger partial charge >= 0.3 is 31.1 Å². The van der Waals surface area contributed by atoms with E-state index in [-0.39, 0.29) is 31.1 Å². The molecule has 0 radical (unpaired) electrons. The molecular formula is C33H20N4U. The minimum absolute atomic E-state index is 0. The Labute approximate surface area is 244 Å². The number of para-hydroxylation sites is 2. The van der Waals surface area contributed by atoms with Gasteiger partial charge in [0.15, 0.2) is 5.82 Å². The van der Waals surface area contributed by atoms with E-state index in [1.54, 1.807) is 0 Å². The molecule has 7 rings (SSSR count). The first kappa shape index (κ1) is 24.3. The summed E-state index contributed by atoms with van der Waals surface area (Å²) < 4.78 is 2.12. The molecule has 38 heavy (non-hydrogen) atoms. The Balaban J connectivity index is 0.00000264. The van der Waals surface area contributed by atoms with Crippen LogP contribution in [0.3, 0.4) is 0 Å². The summed E-state index contributed by atoms with van der Waals surface area (Å²) >= 11 is 0. The van der Waals surface area contributed by atoms with Gasteiger partial charge in [-0.05, 0) is 12.1 Å². The summed E-state index contributed by atoms with van der Waals surface area (Å²) in [6.07, 6.45) is 0. The second-order valence-corrected chi connectivity index (χ2v) is 8.79. The predicted octanol–water partition coefficient (Wildman–Crippen LogP) is 7.57. The first-order valence-electron chi connectivity index (χ1n) is 12.1. The number of hydrogen-bond acceptors (Lipinski definition) is 3. The van der Waals surface area contributed by atoms with Crippen molar-refractivity contribution in [2.45, 2.75) is 0 Å². The first-order valence-corrected chi connectivity index (χ1v) is 12.1. The predicted molar refractivity (Wildman–Crippen MR) is 148 cm³/mol. The average molecular weight is 711 g/mol. The van der Waals surface area contributed by atoms with Crippen LogP contribution in [0.2, 0.25) is 0 Å². The van der Waals surface area contributed by atoms with Gasteiger partial charge in [0.1, 0.15) is 5.82 Å². The molecule has 7 aromatic rings. The van der Waals surface area contributed by atoms with Crippen molar-refractivity contribution in [1.29, 1.82) is 0 Å². The molecule has 2 heterocycles. The molecule has 0 amide bonds. The Hall–Kier alpha value is -4.04. The Morgan fingerprint density at radius 1 is 0.500 bits per heavy atom. The van der Waals surface area contributed by atoms with Crippen LogP contribution in [-0.4, -0.2) is 19.5 Å². The van der Waals surface area contributed by atoms with Crippen LogP contribution in [0.5, 0.6) is 0 Å². The third-order valence-electron chi connectivity index (χ3n) is 6.51. The molecule has 0 spiro atoms. The largest absolute Gasteiger partial charge is 2.00 e. The van der Waals surface area contributed by atoms with Crippen LogP contribution >= 0.6 is 0 Å². The maximum absolute atomic E-state index is 4.99. The Morgan fingerprint density at radius 3 is 1.74 bits per heavy atom. The van der Waals surface area contributed by atoms with Crippen LogP contribution in [0.1, 0.15) is 0 Å². The summed E-state index contributed by atoms with van der Waals surface area (Å²) in [6, 6.07) is 47.3. The van der Waals surface area contributed by atoms with Gasteiger partial charge in [-0.1, -0.05) is 72.3 Å². The number of fused-ring (bicyclic) bond motifs is 3. The normalized spacial score (nSPS) is 10.9. The molecule has 0 fully saturated rings. The quantitative estimate of drug-likeness (QED) is 0.177. The fraction of sp³-hybridized carbons (Fsp3) is 0. The van der Waals surface area contributed by atoms with Crippen molar-refractivity contribution in [2.75, 3.05) is 0 Å². The van der Waals surface area contributed by atoms with E-state index < -0.39 is 0 Å². The molecule has 0 aliphatic heterocycles. The van der Waals surface area contributed by atoms with Crippen LogP contribution in [0.4, 0.5) is 0 Å².